The highest BCUT2D eigenvalue weighted by atomic mass is 32.1. The van der Waals surface area contributed by atoms with Crippen molar-refractivity contribution in [2.75, 3.05) is 17.2 Å². The monoisotopic (exact) mass is 379 g/mol. The molecule has 1 aliphatic carbocycles. The minimum atomic E-state index is -0.270. The van der Waals surface area contributed by atoms with Crippen molar-refractivity contribution < 1.29 is 4.79 Å². The van der Waals surface area contributed by atoms with Gasteiger partial charge in [-0.05, 0) is 49.9 Å². The molecule has 0 saturated heterocycles. The molecule has 138 valence electrons. The molecule has 1 aromatic carbocycles. The molecule has 0 radical (unpaired) electrons. The first kappa shape index (κ1) is 17.6. The Morgan fingerprint density at radius 1 is 1.04 bits per heavy atom. The van der Waals surface area contributed by atoms with Crippen molar-refractivity contribution in [3.63, 3.8) is 0 Å². The zero-order valence-electron chi connectivity index (χ0n) is 14.9. The number of nitrogens with one attached hydrogen (secondary N) is 2. The molecule has 0 bridgehead atoms. The molecule has 0 spiro atoms. The van der Waals surface area contributed by atoms with E-state index in [-0.39, 0.29) is 11.6 Å². The average molecular weight is 379 g/mol. The van der Waals surface area contributed by atoms with E-state index >= 15 is 0 Å². The van der Waals surface area contributed by atoms with Gasteiger partial charge in [0.25, 0.3) is 5.91 Å². The second-order valence-corrected chi connectivity index (χ2v) is 7.65. The molecule has 0 unspecified atom stereocenters. The van der Waals surface area contributed by atoms with E-state index in [1.54, 1.807) is 12.1 Å². The molecule has 2 aromatic heterocycles. The number of carbonyl (C=O) groups is 1. The summed E-state index contributed by atoms with van der Waals surface area (Å²) in [6.45, 7) is 0.747. The maximum absolute atomic E-state index is 12.2. The second-order valence-electron chi connectivity index (χ2n) is 6.49. The third-order valence-electron chi connectivity index (χ3n) is 4.46. The number of amides is 1. The summed E-state index contributed by atoms with van der Waals surface area (Å²) in [5.74, 6) is 0.390. The Labute approximate surface area is 162 Å². The molecule has 2 heterocycles. The summed E-state index contributed by atoms with van der Waals surface area (Å²) in [5.41, 5.74) is 2.32. The fraction of sp³-hybridized carbons (Fsp3) is 0.300. The van der Waals surface area contributed by atoms with Crippen molar-refractivity contribution in [3.05, 3.63) is 63.7 Å². The average Bonchev–Trinajstić information content (AvgIpc) is 3.12. The molecule has 4 rings (SSSR count). The van der Waals surface area contributed by atoms with Crippen molar-refractivity contribution in [2.45, 2.75) is 32.1 Å². The van der Waals surface area contributed by atoms with Gasteiger partial charge in [0, 0.05) is 23.5 Å². The number of hydrogen-bond acceptors (Lipinski definition) is 6. The van der Waals surface area contributed by atoms with Crippen LogP contribution >= 0.6 is 11.3 Å². The highest BCUT2D eigenvalue weighted by Gasteiger charge is 2.14. The third kappa shape index (κ3) is 4.49. The summed E-state index contributed by atoms with van der Waals surface area (Å²) < 4.78 is 0. The standard InChI is InChI=1S/C20H21N5OS/c26-20(22-14-6-2-1-3-7-14)16-10-11-18(25-24-16)21-13-12-19-23-15-8-4-5-9-17(15)27-19/h1-3,6-7,10-11H,4-5,8-9,12-13H2,(H,21,25)(H,22,26). The Bertz CT molecular complexity index is 884. The molecular formula is C20H21N5OS. The number of thiazole rings is 1. The van der Waals surface area contributed by atoms with Crippen molar-refractivity contribution in [1.29, 1.82) is 0 Å². The van der Waals surface area contributed by atoms with Crippen LogP contribution in [0, 0.1) is 0 Å². The van der Waals surface area contributed by atoms with Crippen LogP contribution in [-0.4, -0.2) is 27.6 Å². The molecule has 0 atom stereocenters. The first-order valence-electron chi connectivity index (χ1n) is 9.19. The van der Waals surface area contributed by atoms with Crippen LogP contribution in [0.25, 0.3) is 0 Å². The van der Waals surface area contributed by atoms with E-state index in [1.807, 2.05) is 41.7 Å². The van der Waals surface area contributed by atoms with Crippen LogP contribution in [-0.2, 0) is 19.3 Å². The van der Waals surface area contributed by atoms with Crippen molar-refractivity contribution >= 4 is 28.7 Å². The molecule has 0 fully saturated rings. The molecule has 7 heteroatoms. The minimum absolute atomic E-state index is 0.270. The topological polar surface area (TPSA) is 79.8 Å². The maximum Gasteiger partial charge on any atom is 0.276 e. The van der Waals surface area contributed by atoms with Crippen LogP contribution in [0.1, 0.15) is 38.9 Å². The molecule has 0 saturated carbocycles. The van der Waals surface area contributed by atoms with Gasteiger partial charge in [0.1, 0.15) is 5.82 Å². The fourth-order valence-corrected chi connectivity index (χ4v) is 4.23. The molecule has 0 aliphatic heterocycles. The molecule has 1 aliphatic rings. The number of aromatic nitrogens is 3. The first-order valence-corrected chi connectivity index (χ1v) is 10.0. The van der Waals surface area contributed by atoms with Gasteiger partial charge in [0.2, 0.25) is 0 Å². The zero-order valence-corrected chi connectivity index (χ0v) is 15.8. The van der Waals surface area contributed by atoms with E-state index in [2.05, 4.69) is 20.8 Å². The van der Waals surface area contributed by atoms with E-state index in [1.165, 1.54) is 34.8 Å². The normalized spacial score (nSPS) is 13.0. The predicted molar refractivity (Wildman–Crippen MR) is 107 cm³/mol. The number of rotatable bonds is 6. The van der Waals surface area contributed by atoms with Crippen LogP contribution in [0.4, 0.5) is 11.5 Å². The lowest BCUT2D eigenvalue weighted by molar-refractivity contribution is 0.102. The largest absolute Gasteiger partial charge is 0.368 e. The summed E-state index contributed by atoms with van der Waals surface area (Å²) in [7, 11) is 0. The molecular weight excluding hydrogens is 358 g/mol. The number of anilines is 2. The number of hydrogen-bond donors (Lipinski definition) is 2. The van der Waals surface area contributed by atoms with E-state index in [0.717, 1.165) is 25.1 Å². The highest BCUT2D eigenvalue weighted by molar-refractivity contribution is 7.11. The van der Waals surface area contributed by atoms with Crippen molar-refractivity contribution in [3.8, 4) is 0 Å². The van der Waals surface area contributed by atoms with Crippen LogP contribution in [0.5, 0.6) is 0 Å². The first-order chi connectivity index (χ1) is 13.3. The van der Waals surface area contributed by atoms with Crippen LogP contribution in [0.15, 0.2) is 42.5 Å². The number of carbonyl (C=O) groups excluding carboxylic acids is 1. The van der Waals surface area contributed by atoms with Crippen LogP contribution < -0.4 is 10.6 Å². The Morgan fingerprint density at radius 2 is 1.89 bits per heavy atom. The van der Waals surface area contributed by atoms with Gasteiger partial charge in [-0.25, -0.2) is 4.98 Å². The van der Waals surface area contributed by atoms with Gasteiger partial charge < -0.3 is 10.6 Å². The lowest BCUT2D eigenvalue weighted by atomic mass is 10.0. The summed E-state index contributed by atoms with van der Waals surface area (Å²) in [6, 6.07) is 12.8. The number of para-hydroxylation sites is 1. The quantitative estimate of drug-likeness (QED) is 0.682. The third-order valence-corrected chi connectivity index (χ3v) is 5.68. The van der Waals surface area contributed by atoms with Crippen LogP contribution in [0.3, 0.4) is 0 Å². The predicted octanol–water partition coefficient (Wildman–Crippen LogP) is 3.72. The minimum Gasteiger partial charge on any atom is -0.368 e. The lowest BCUT2D eigenvalue weighted by Crippen LogP contribution is -2.15. The van der Waals surface area contributed by atoms with Gasteiger partial charge in [-0.3, -0.25) is 4.79 Å². The lowest BCUT2D eigenvalue weighted by Gasteiger charge is -2.06. The molecule has 27 heavy (non-hydrogen) atoms. The van der Waals surface area contributed by atoms with Crippen molar-refractivity contribution in [1.82, 2.24) is 15.2 Å². The molecule has 2 N–H and O–H groups in total. The van der Waals surface area contributed by atoms with E-state index in [0.29, 0.717) is 5.82 Å². The van der Waals surface area contributed by atoms with Gasteiger partial charge in [-0.1, -0.05) is 18.2 Å². The number of aryl methyl sites for hydroxylation is 2. The second kappa shape index (κ2) is 8.26. The van der Waals surface area contributed by atoms with Gasteiger partial charge >= 0.3 is 0 Å². The van der Waals surface area contributed by atoms with Gasteiger partial charge in [-0.2, -0.15) is 0 Å². The molecule has 6 nitrogen and oxygen atoms in total. The number of fused-ring (bicyclic) bond motifs is 1. The Morgan fingerprint density at radius 3 is 2.67 bits per heavy atom. The Hall–Kier alpha value is -2.80. The highest BCUT2D eigenvalue weighted by Crippen LogP contribution is 2.26. The van der Waals surface area contributed by atoms with Crippen LogP contribution in [0.2, 0.25) is 0 Å². The molecule has 3 aromatic rings. The smallest absolute Gasteiger partial charge is 0.276 e. The van der Waals surface area contributed by atoms with Gasteiger partial charge in [-0.15, -0.1) is 21.5 Å². The summed E-state index contributed by atoms with van der Waals surface area (Å²) in [4.78, 5) is 18.4. The van der Waals surface area contributed by atoms with Crippen molar-refractivity contribution in [2.24, 2.45) is 0 Å². The number of nitrogens with zero attached hydrogens (tertiary/aromatic N) is 3. The Balaban J connectivity index is 1.29. The zero-order chi connectivity index (χ0) is 18.5. The Kier molecular flexibility index (Phi) is 5.39. The van der Waals surface area contributed by atoms with E-state index in [9.17, 15) is 4.79 Å². The van der Waals surface area contributed by atoms with E-state index < -0.39 is 0 Å². The summed E-state index contributed by atoms with van der Waals surface area (Å²) in [6.07, 6.45) is 5.71. The summed E-state index contributed by atoms with van der Waals surface area (Å²) in [5, 5.41) is 15.3. The fourth-order valence-electron chi connectivity index (χ4n) is 3.07. The maximum atomic E-state index is 12.2. The SMILES string of the molecule is O=C(Nc1ccccc1)c1ccc(NCCc2nc3c(s2)CCCC3)nn1. The van der Waals surface area contributed by atoms with Gasteiger partial charge in [0.05, 0.1) is 10.7 Å². The van der Waals surface area contributed by atoms with Gasteiger partial charge in [0.15, 0.2) is 5.69 Å². The van der Waals surface area contributed by atoms with E-state index in [4.69, 9.17) is 4.98 Å². The number of benzene rings is 1. The molecule has 1 amide bonds. The summed E-state index contributed by atoms with van der Waals surface area (Å²) >= 11 is 1.84.